The van der Waals surface area contributed by atoms with Crippen LogP contribution < -0.4 is 0 Å². The lowest BCUT2D eigenvalue weighted by atomic mass is 9.75. The van der Waals surface area contributed by atoms with Crippen molar-refractivity contribution in [3.8, 4) is 0 Å². The van der Waals surface area contributed by atoms with Crippen LogP contribution in [-0.4, -0.2) is 10.9 Å². The van der Waals surface area contributed by atoms with Crippen molar-refractivity contribution in [2.45, 2.75) is 39.7 Å². The van der Waals surface area contributed by atoms with Crippen molar-refractivity contribution in [1.29, 1.82) is 0 Å². The van der Waals surface area contributed by atoms with Crippen molar-refractivity contribution < 1.29 is 4.74 Å². The minimum absolute atomic E-state index is 0.435. The van der Waals surface area contributed by atoms with Crippen LogP contribution >= 0.6 is 23.2 Å². The molecule has 1 saturated heterocycles. The Hall–Kier alpha value is -3.14. The largest absolute Gasteiger partial charge is 0.461 e. The number of nitrogens with zero attached hydrogens (tertiary/aromatic N) is 2. The summed E-state index contributed by atoms with van der Waals surface area (Å²) in [4.78, 5) is 9.33. The van der Waals surface area contributed by atoms with Crippen molar-refractivity contribution >= 4 is 46.1 Å². The summed E-state index contributed by atoms with van der Waals surface area (Å²) in [6.07, 6.45) is 7.91. The molecule has 0 aliphatic carbocycles. The van der Waals surface area contributed by atoms with Crippen molar-refractivity contribution in [3.63, 3.8) is 0 Å². The predicted molar refractivity (Wildman–Crippen MR) is 149 cm³/mol. The van der Waals surface area contributed by atoms with Crippen LogP contribution in [0.4, 0.5) is 0 Å². The Kier molecular flexibility index (Phi) is 7.02. The molecule has 1 atom stereocenters. The fraction of sp³-hybridized carbons (Fsp3) is 0.200. The minimum Gasteiger partial charge on any atom is -0.461 e. The topological polar surface area (TPSA) is 34.5 Å². The van der Waals surface area contributed by atoms with Gasteiger partial charge in [0, 0.05) is 39.7 Å². The Morgan fingerprint density at radius 2 is 1.77 bits per heavy atom. The van der Waals surface area contributed by atoms with Crippen molar-refractivity contribution in [2.75, 3.05) is 0 Å². The third-order valence-corrected chi connectivity index (χ3v) is 6.72. The molecule has 0 saturated carbocycles. The van der Waals surface area contributed by atoms with E-state index in [9.17, 15) is 0 Å². The first-order valence-corrected chi connectivity index (χ1v) is 12.2. The van der Waals surface area contributed by atoms with Crippen LogP contribution in [0.2, 0.25) is 5.15 Å². The molecule has 2 aromatic carbocycles. The maximum absolute atomic E-state index is 6.86. The lowest BCUT2D eigenvalue weighted by Gasteiger charge is -2.34. The molecule has 0 amide bonds. The number of hydrogen-bond donors (Lipinski definition) is 0. The first-order valence-electron chi connectivity index (χ1n) is 11.4. The number of aliphatic imine (C=N–C) groups is 1. The summed E-state index contributed by atoms with van der Waals surface area (Å²) < 4.78 is 6.86. The van der Waals surface area contributed by atoms with E-state index >= 15 is 0 Å². The minimum atomic E-state index is -0.880. The van der Waals surface area contributed by atoms with Gasteiger partial charge in [-0.1, -0.05) is 72.8 Å². The van der Waals surface area contributed by atoms with Gasteiger partial charge in [0.2, 0.25) is 5.90 Å². The standard InChI is InChI=1S/C30H28Cl2N2O/c1-7-16-33-29-20(4)17-30(35-29,26-18(2)8-11-23(22(26)6)13-10-21(5)31)27-19(3)9-12-24-14-15-25(32)34-28(24)27/h7-16H,4-5,17H2,1-3,6H3/b13-10-,16-7-,33-29?. The molecule has 1 fully saturated rings. The van der Waals surface area contributed by atoms with Crippen LogP contribution in [-0.2, 0) is 10.3 Å². The molecule has 2 heterocycles. The van der Waals surface area contributed by atoms with E-state index in [-0.39, 0.29) is 0 Å². The Balaban J connectivity index is 2.12. The lowest BCUT2D eigenvalue weighted by Crippen LogP contribution is -2.31. The molecule has 1 aliphatic heterocycles. The highest BCUT2D eigenvalue weighted by atomic mass is 35.5. The molecule has 5 heteroatoms. The number of halogens is 2. The third kappa shape index (κ3) is 4.59. The summed E-state index contributed by atoms with van der Waals surface area (Å²) in [5, 5.41) is 1.90. The molecule has 3 aromatic rings. The smallest absolute Gasteiger partial charge is 0.217 e. The van der Waals surface area contributed by atoms with Gasteiger partial charge in [-0.15, -0.1) is 0 Å². The van der Waals surface area contributed by atoms with Crippen LogP contribution in [0, 0.1) is 20.8 Å². The fourth-order valence-electron chi connectivity index (χ4n) is 4.93. The molecule has 35 heavy (non-hydrogen) atoms. The predicted octanol–water partition coefficient (Wildman–Crippen LogP) is 8.73. The quantitative estimate of drug-likeness (QED) is 0.258. The van der Waals surface area contributed by atoms with Gasteiger partial charge in [0.1, 0.15) is 5.15 Å². The van der Waals surface area contributed by atoms with Gasteiger partial charge in [0.15, 0.2) is 5.60 Å². The number of fused-ring (bicyclic) bond motifs is 1. The summed E-state index contributed by atoms with van der Waals surface area (Å²) in [5.41, 5.74) is 7.06. The number of benzene rings is 2. The highest BCUT2D eigenvalue weighted by Gasteiger charge is 2.48. The molecule has 1 aliphatic rings. The monoisotopic (exact) mass is 502 g/mol. The number of rotatable bonds is 5. The van der Waals surface area contributed by atoms with Crippen LogP contribution in [0.15, 0.2) is 83.5 Å². The average molecular weight is 503 g/mol. The third-order valence-electron chi connectivity index (χ3n) is 6.38. The van der Waals surface area contributed by atoms with Gasteiger partial charge in [0.05, 0.1) is 5.52 Å². The Bertz CT molecular complexity index is 1440. The van der Waals surface area contributed by atoms with Gasteiger partial charge in [-0.05, 0) is 68.2 Å². The molecular weight excluding hydrogens is 475 g/mol. The van der Waals surface area contributed by atoms with E-state index < -0.39 is 5.60 Å². The van der Waals surface area contributed by atoms with Crippen LogP contribution in [0.3, 0.4) is 0 Å². The zero-order chi connectivity index (χ0) is 25.3. The van der Waals surface area contributed by atoms with Gasteiger partial charge in [-0.3, -0.25) is 0 Å². The molecule has 4 rings (SSSR count). The Morgan fingerprint density at radius 1 is 1.09 bits per heavy atom. The second kappa shape index (κ2) is 9.85. The summed E-state index contributed by atoms with van der Waals surface area (Å²) in [5.74, 6) is 0.524. The van der Waals surface area contributed by atoms with Crippen LogP contribution in [0.1, 0.15) is 46.7 Å². The Morgan fingerprint density at radius 3 is 2.49 bits per heavy atom. The normalized spacial score (nSPS) is 19.4. The summed E-state index contributed by atoms with van der Waals surface area (Å²) >= 11 is 12.4. The molecule has 0 N–H and O–H groups in total. The van der Waals surface area contributed by atoms with E-state index in [1.165, 1.54) is 0 Å². The SMILES string of the molecule is C=C(Cl)/C=C\c1ccc(C)c(C2(c3c(C)ccc4ccc(Cl)nc34)CC(=C)C(=N/C=C\C)O2)c1C. The first kappa shape index (κ1) is 25.0. The Labute approximate surface area is 217 Å². The number of hydrogen-bond acceptors (Lipinski definition) is 3. The van der Waals surface area contributed by atoms with Crippen molar-refractivity contribution in [1.82, 2.24) is 4.98 Å². The zero-order valence-electron chi connectivity index (χ0n) is 20.5. The van der Waals surface area contributed by atoms with E-state index in [2.05, 4.69) is 63.2 Å². The van der Waals surface area contributed by atoms with E-state index in [4.69, 9.17) is 32.9 Å². The van der Waals surface area contributed by atoms with Crippen LogP contribution in [0.5, 0.6) is 0 Å². The number of pyridine rings is 1. The second-order valence-corrected chi connectivity index (χ2v) is 9.71. The summed E-state index contributed by atoms with van der Waals surface area (Å²) in [6, 6.07) is 12.2. The summed E-state index contributed by atoms with van der Waals surface area (Å²) in [7, 11) is 0. The lowest BCUT2D eigenvalue weighted by molar-refractivity contribution is 0.125. The molecule has 0 radical (unpaired) electrons. The van der Waals surface area contributed by atoms with Crippen LogP contribution in [0.25, 0.3) is 17.0 Å². The molecule has 178 valence electrons. The van der Waals surface area contributed by atoms with Gasteiger partial charge in [-0.25, -0.2) is 9.98 Å². The second-order valence-electron chi connectivity index (χ2n) is 8.84. The molecule has 1 unspecified atom stereocenters. The maximum atomic E-state index is 6.86. The number of aromatic nitrogens is 1. The fourth-order valence-corrected chi connectivity index (χ4v) is 5.14. The van der Waals surface area contributed by atoms with Gasteiger partial charge >= 0.3 is 0 Å². The zero-order valence-corrected chi connectivity index (χ0v) is 22.0. The number of ether oxygens (including phenoxy) is 1. The van der Waals surface area contributed by atoms with E-state index in [1.54, 1.807) is 12.3 Å². The van der Waals surface area contributed by atoms with E-state index in [0.717, 1.165) is 49.9 Å². The van der Waals surface area contributed by atoms with Crippen molar-refractivity contribution in [3.05, 3.63) is 117 Å². The number of allylic oxidation sites excluding steroid dienone is 3. The van der Waals surface area contributed by atoms with Gasteiger partial charge < -0.3 is 4.74 Å². The number of aryl methyl sites for hydroxylation is 2. The van der Waals surface area contributed by atoms with E-state index in [0.29, 0.717) is 22.5 Å². The average Bonchev–Trinajstić information content (AvgIpc) is 3.12. The highest BCUT2D eigenvalue weighted by molar-refractivity contribution is 6.31. The first-order chi connectivity index (χ1) is 16.7. The highest BCUT2D eigenvalue weighted by Crippen LogP contribution is 2.50. The molecule has 1 aromatic heterocycles. The molecule has 0 spiro atoms. The van der Waals surface area contributed by atoms with Gasteiger partial charge in [-0.2, -0.15) is 0 Å². The molecule has 3 nitrogen and oxygen atoms in total. The van der Waals surface area contributed by atoms with Gasteiger partial charge in [0.25, 0.3) is 0 Å². The van der Waals surface area contributed by atoms with E-state index in [1.807, 2.05) is 31.2 Å². The molecule has 0 bridgehead atoms. The van der Waals surface area contributed by atoms with Crippen molar-refractivity contribution in [2.24, 2.45) is 4.99 Å². The molecular formula is C30H28Cl2N2O. The maximum Gasteiger partial charge on any atom is 0.217 e. The summed E-state index contributed by atoms with van der Waals surface area (Å²) in [6.45, 7) is 16.3.